The minimum atomic E-state index is -0.0708. The van der Waals surface area contributed by atoms with Gasteiger partial charge in [-0.25, -0.2) is 9.97 Å². The van der Waals surface area contributed by atoms with E-state index in [2.05, 4.69) is 9.97 Å². The maximum atomic E-state index is 11.4. The van der Waals surface area contributed by atoms with E-state index in [4.69, 9.17) is 4.74 Å². The van der Waals surface area contributed by atoms with Gasteiger partial charge in [-0.05, 0) is 12.8 Å². The fourth-order valence-corrected chi connectivity index (χ4v) is 2.17. The van der Waals surface area contributed by atoms with Crippen LogP contribution in [0.1, 0.15) is 54.8 Å². The third-order valence-electron chi connectivity index (χ3n) is 3.05. The minimum Gasteiger partial charge on any atom is -0.493 e. The predicted octanol–water partition coefficient (Wildman–Crippen LogP) is 2.35. The van der Waals surface area contributed by atoms with E-state index in [0.29, 0.717) is 17.4 Å². The second-order valence-electron chi connectivity index (χ2n) is 4.18. The Morgan fingerprint density at radius 1 is 1.44 bits per heavy atom. The number of carbonyl (C=O) groups is 1. The number of hydrogen-bond donors (Lipinski definition) is 0. The van der Waals surface area contributed by atoms with Crippen LogP contribution in [0.5, 0.6) is 5.75 Å². The molecule has 2 rings (SSSR count). The Kier molecular flexibility index (Phi) is 3.17. The maximum absolute atomic E-state index is 11.4. The molecule has 4 nitrogen and oxygen atoms in total. The van der Waals surface area contributed by atoms with Gasteiger partial charge in [0.2, 0.25) is 0 Å². The smallest absolute Gasteiger partial charge is 0.182 e. The van der Waals surface area contributed by atoms with Gasteiger partial charge >= 0.3 is 0 Å². The van der Waals surface area contributed by atoms with Gasteiger partial charge in [-0.3, -0.25) is 4.79 Å². The lowest BCUT2D eigenvalue weighted by Crippen LogP contribution is -2.08. The average Bonchev–Trinajstić information content (AvgIpc) is 2.81. The summed E-state index contributed by atoms with van der Waals surface area (Å²) in [5.74, 6) is 1.61. The highest BCUT2D eigenvalue weighted by molar-refractivity contribution is 5.94. The van der Waals surface area contributed by atoms with Crippen LogP contribution in [0.4, 0.5) is 0 Å². The number of Topliss-reactive ketones (excluding diaryl/α,β-unsaturated/α-hetero) is 1. The van der Waals surface area contributed by atoms with E-state index in [1.54, 1.807) is 6.20 Å². The van der Waals surface area contributed by atoms with E-state index in [1.807, 2.05) is 0 Å². The molecule has 16 heavy (non-hydrogen) atoms. The molecule has 1 aromatic rings. The summed E-state index contributed by atoms with van der Waals surface area (Å²) in [5.41, 5.74) is 0.402. The molecule has 0 aromatic carbocycles. The first-order valence-electron chi connectivity index (χ1n) is 5.64. The highest BCUT2D eigenvalue weighted by Crippen LogP contribution is 2.32. The number of aromatic nitrogens is 2. The van der Waals surface area contributed by atoms with Crippen molar-refractivity contribution in [1.29, 1.82) is 0 Å². The first kappa shape index (κ1) is 11.0. The first-order valence-corrected chi connectivity index (χ1v) is 5.64. The fraction of sp³-hybridized carbons (Fsp3) is 0.583. The summed E-state index contributed by atoms with van der Waals surface area (Å²) < 4.78 is 5.08. The van der Waals surface area contributed by atoms with E-state index in [0.717, 1.165) is 18.7 Å². The number of ether oxygens (including phenoxy) is 1. The Bertz CT molecular complexity index is 398. The molecular weight excluding hydrogens is 204 g/mol. The zero-order valence-electron chi connectivity index (χ0n) is 9.69. The van der Waals surface area contributed by atoms with Crippen molar-refractivity contribution < 1.29 is 9.53 Å². The molecule has 0 unspecified atom stereocenters. The van der Waals surface area contributed by atoms with Crippen molar-refractivity contribution in [3.63, 3.8) is 0 Å². The molecule has 1 aromatic heterocycles. The number of hydrogen-bond acceptors (Lipinski definition) is 4. The molecule has 1 aliphatic rings. The lowest BCUT2D eigenvalue weighted by molar-refractivity contribution is 0.100. The Morgan fingerprint density at radius 2 is 2.12 bits per heavy atom. The molecule has 1 fully saturated rings. The van der Waals surface area contributed by atoms with Crippen LogP contribution in [0.15, 0.2) is 6.20 Å². The van der Waals surface area contributed by atoms with E-state index in [9.17, 15) is 4.79 Å². The molecule has 0 amide bonds. The molecule has 0 radical (unpaired) electrons. The lowest BCUT2D eigenvalue weighted by atomic mass is 10.1. The normalized spacial score (nSPS) is 16.4. The van der Waals surface area contributed by atoms with Gasteiger partial charge < -0.3 is 4.74 Å². The van der Waals surface area contributed by atoms with Crippen molar-refractivity contribution in [3.8, 4) is 5.75 Å². The molecule has 0 bridgehead atoms. The number of ketones is 1. The fourth-order valence-electron chi connectivity index (χ4n) is 2.17. The Labute approximate surface area is 95.1 Å². The molecule has 86 valence electrons. The Hall–Kier alpha value is -1.45. The summed E-state index contributed by atoms with van der Waals surface area (Å²) in [7, 11) is 1.53. The summed E-state index contributed by atoms with van der Waals surface area (Å²) in [6, 6.07) is 0. The quantitative estimate of drug-likeness (QED) is 0.734. The summed E-state index contributed by atoms with van der Waals surface area (Å²) >= 11 is 0. The van der Waals surface area contributed by atoms with Crippen LogP contribution in [-0.4, -0.2) is 22.9 Å². The van der Waals surface area contributed by atoms with Crippen LogP contribution in [0.25, 0.3) is 0 Å². The minimum absolute atomic E-state index is 0.0708. The standard InChI is InChI=1S/C12H16N2O2/c1-8(15)11-10(16-2)7-13-12(14-11)9-5-3-4-6-9/h7,9H,3-6H2,1-2H3. The van der Waals surface area contributed by atoms with E-state index in [-0.39, 0.29) is 5.78 Å². The molecule has 0 spiro atoms. The van der Waals surface area contributed by atoms with Crippen LogP contribution < -0.4 is 4.74 Å². The molecule has 0 N–H and O–H groups in total. The van der Waals surface area contributed by atoms with Gasteiger partial charge in [0, 0.05) is 12.8 Å². The zero-order chi connectivity index (χ0) is 11.5. The van der Waals surface area contributed by atoms with Gasteiger partial charge in [-0.2, -0.15) is 0 Å². The monoisotopic (exact) mass is 220 g/mol. The van der Waals surface area contributed by atoms with E-state index in [1.165, 1.54) is 26.9 Å². The van der Waals surface area contributed by atoms with Crippen LogP contribution in [0.3, 0.4) is 0 Å². The maximum Gasteiger partial charge on any atom is 0.182 e. The number of nitrogens with zero attached hydrogens (tertiary/aromatic N) is 2. The second-order valence-corrected chi connectivity index (χ2v) is 4.18. The summed E-state index contributed by atoms with van der Waals surface area (Å²) in [5, 5.41) is 0. The van der Waals surface area contributed by atoms with Gasteiger partial charge in [0.05, 0.1) is 13.3 Å². The molecule has 0 atom stereocenters. The summed E-state index contributed by atoms with van der Waals surface area (Å²) in [6.07, 6.45) is 6.33. The van der Waals surface area contributed by atoms with Gasteiger partial charge in [0.15, 0.2) is 17.2 Å². The molecule has 0 saturated heterocycles. The summed E-state index contributed by atoms with van der Waals surface area (Å²) in [6.45, 7) is 1.50. The van der Waals surface area contributed by atoms with Crippen molar-refractivity contribution in [2.24, 2.45) is 0 Å². The van der Waals surface area contributed by atoms with Crippen molar-refractivity contribution in [2.75, 3.05) is 7.11 Å². The highest BCUT2D eigenvalue weighted by atomic mass is 16.5. The number of methoxy groups -OCH3 is 1. The van der Waals surface area contributed by atoms with E-state index >= 15 is 0 Å². The molecule has 1 heterocycles. The molecule has 0 aliphatic heterocycles. The third kappa shape index (κ3) is 2.05. The van der Waals surface area contributed by atoms with E-state index < -0.39 is 0 Å². The van der Waals surface area contributed by atoms with Crippen LogP contribution in [0.2, 0.25) is 0 Å². The molecule has 1 aliphatic carbocycles. The second kappa shape index (κ2) is 4.60. The van der Waals surface area contributed by atoms with Crippen molar-refractivity contribution >= 4 is 5.78 Å². The van der Waals surface area contributed by atoms with Crippen molar-refractivity contribution in [3.05, 3.63) is 17.7 Å². The molecule has 4 heteroatoms. The SMILES string of the molecule is COc1cnc(C2CCCC2)nc1C(C)=O. The lowest BCUT2D eigenvalue weighted by Gasteiger charge is -2.10. The van der Waals surface area contributed by atoms with Gasteiger partial charge in [0.1, 0.15) is 5.82 Å². The Morgan fingerprint density at radius 3 is 2.69 bits per heavy atom. The number of carbonyl (C=O) groups excluding carboxylic acids is 1. The number of rotatable bonds is 3. The summed E-state index contributed by atoms with van der Waals surface area (Å²) in [4.78, 5) is 20.0. The van der Waals surface area contributed by atoms with Crippen molar-refractivity contribution in [2.45, 2.75) is 38.5 Å². The largest absolute Gasteiger partial charge is 0.493 e. The topological polar surface area (TPSA) is 52.1 Å². The van der Waals surface area contributed by atoms with Gasteiger partial charge in [-0.15, -0.1) is 0 Å². The Balaban J connectivity index is 2.34. The zero-order valence-corrected chi connectivity index (χ0v) is 9.69. The predicted molar refractivity (Wildman–Crippen MR) is 59.8 cm³/mol. The molecule has 1 saturated carbocycles. The third-order valence-corrected chi connectivity index (χ3v) is 3.05. The van der Waals surface area contributed by atoms with Crippen molar-refractivity contribution in [1.82, 2.24) is 9.97 Å². The van der Waals surface area contributed by atoms with Crippen LogP contribution in [-0.2, 0) is 0 Å². The molecular formula is C12H16N2O2. The first-order chi connectivity index (χ1) is 7.72. The average molecular weight is 220 g/mol. The van der Waals surface area contributed by atoms with Crippen LogP contribution in [0, 0.1) is 0 Å². The van der Waals surface area contributed by atoms with Crippen LogP contribution >= 0.6 is 0 Å². The van der Waals surface area contributed by atoms with Gasteiger partial charge in [0.25, 0.3) is 0 Å². The highest BCUT2D eigenvalue weighted by Gasteiger charge is 2.22. The van der Waals surface area contributed by atoms with Gasteiger partial charge in [-0.1, -0.05) is 12.8 Å².